The largest absolute Gasteiger partial charge is 0.379 e. The van der Waals surface area contributed by atoms with Gasteiger partial charge in [0.05, 0.1) is 18.9 Å². The lowest BCUT2D eigenvalue weighted by Crippen LogP contribution is -2.42. The van der Waals surface area contributed by atoms with Gasteiger partial charge in [-0.05, 0) is 28.1 Å². The minimum absolute atomic E-state index is 0.180. The molecule has 2 rings (SSSR count). The van der Waals surface area contributed by atoms with Crippen LogP contribution in [0, 0.1) is 0 Å². The van der Waals surface area contributed by atoms with Crippen molar-refractivity contribution in [2.45, 2.75) is 0 Å². The van der Waals surface area contributed by atoms with E-state index in [1.165, 1.54) is 0 Å². The van der Waals surface area contributed by atoms with E-state index in [-0.39, 0.29) is 6.03 Å². The normalized spacial score (nSPS) is 16.1. The van der Waals surface area contributed by atoms with Gasteiger partial charge in [-0.1, -0.05) is 12.1 Å². The van der Waals surface area contributed by atoms with Crippen LogP contribution >= 0.6 is 15.9 Å². The summed E-state index contributed by atoms with van der Waals surface area (Å²) >= 11 is 3.39. The number of urea groups is 1. The van der Waals surface area contributed by atoms with E-state index in [9.17, 15) is 4.79 Å². The second-order valence-corrected chi connectivity index (χ2v) is 5.17. The predicted molar refractivity (Wildman–Crippen MR) is 78.4 cm³/mol. The smallest absolute Gasteiger partial charge is 0.319 e. The number of nitrogens with zero attached hydrogens (tertiary/aromatic N) is 1. The van der Waals surface area contributed by atoms with Gasteiger partial charge < -0.3 is 15.4 Å². The minimum atomic E-state index is -0.180. The van der Waals surface area contributed by atoms with Crippen molar-refractivity contribution in [3.63, 3.8) is 0 Å². The topological polar surface area (TPSA) is 53.6 Å². The SMILES string of the molecule is O=C(NCCN1CCOCC1)Nc1ccccc1Br. The van der Waals surface area contributed by atoms with Crippen LogP contribution in [-0.4, -0.2) is 50.3 Å². The first kappa shape index (κ1) is 14.3. The lowest BCUT2D eigenvalue weighted by molar-refractivity contribution is 0.0388. The molecule has 1 aliphatic rings. The summed E-state index contributed by atoms with van der Waals surface area (Å²) in [6.45, 7) is 4.93. The summed E-state index contributed by atoms with van der Waals surface area (Å²) in [5.41, 5.74) is 0.770. The molecule has 1 fully saturated rings. The molecule has 1 saturated heterocycles. The molecule has 0 atom stereocenters. The fraction of sp³-hybridized carbons (Fsp3) is 0.462. The van der Waals surface area contributed by atoms with E-state index in [1.54, 1.807) is 0 Å². The maximum absolute atomic E-state index is 11.7. The van der Waals surface area contributed by atoms with Crippen LogP contribution in [0.2, 0.25) is 0 Å². The van der Waals surface area contributed by atoms with Gasteiger partial charge in [-0.2, -0.15) is 0 Å². The predicted octanol–water partition coefficient (Wildman–Crippen LogP) is 1.90. The third-order valence-corrected chi connectivity index (χ3v) is 3.63. The summed E-state index contributed by atoms with van der Waals surface area (Å²) in [6.07, 6.45) is 0. The summed E-state index contributed by atoms with van der Waals surface area (Å²) in [5.74, 6) is 0. The maximum atomic E-state index is 11.7. The zero-order valence-corrected chi connectivity index (χ0v) is 12.3. The zero-order chi connectivity index (χ0) is 13.5. The Bertz CT molecular complexity index is 422. The highest BCUT2D eigenvalue weighted by Crippen LogP contribution is 2.20. The lowest BCUT2D eigenvalue weighted by Gasteiger charge is -2.26. The van der Waals surface area contributed by atoms with Crippen molar-refractivity contribution in [3.8, 4) is 0 Å². The van der Waals surface area contributed by atoms with E-state index in [1.807, 2.05) is 24.3 Å². The van der Waals surface area contributed by atoms with Crippen molar-refractivity contribution in [3.05, 3.63) is 28.7 Å². The van der Waals surface area contributed by atoms with Gasteiger partial charge in [0.15, 0.2) is 0 Å². The summed E-state index contributed by atoms with van der Waals surface area (Å²) in [6, 6.07) is 7.36. The molecule has 0 unspecified atom stereocenters. The van der Waals surface area contributed by atoms with Crippen LogP contribution in [0.25, 0.3) is 0 Å². The van der Waals surface area contributed by atoms with E-state index in [0.717, 1.165) is 43.0 Å². The quantitative estimate of drug-likeness (QED) is 0.888. The Kier molecular flexibility index (Phi) is 5.62. The van der Waals surface area contributed by atoms with E-state index < -0.39 is 0 Å². The Balaban J connectivity index is 1.68. The molecule has 1 aromatic carbocycles. The highest BCUT2D eigenvalue weighted by atomic mass is 79.9. The van der Waals surface area contributed by atoms with Gasteiger partial charge in [-0.15, -0.1) is 0 Å². The number of hydrogen-bond donors (Lipinski definition) is 2. The molecule has 6 heteroatoms. The van der Waals surface area contributed by atoms with Crippen LogP contribution in [-0.2, 0) is 4.74 Å². The van der Waals surface area contributed by atoms with E-state index in [2.05, 4.69) is 31.5 Å². The number of benzene rings is 1. The number of halogens is 1. The number of carbonyl (C=O) groups excluding carboxylic acids is 1. The number of carbonyl (C=O) groups is 1. The van der Waals surface area contributed by atoms with Crippen LogP contribution in [0.15, 0.2) is 28.7 Å². The highest BCUT2D eigenvalue weighted by molar-refractivity contribution is 9.10. The molecule has 0 aliphatic carbocycles. The molecule has 1 heterocycles. The number of rotatable bonds is 4. The minimum Gasteiger partial charge on any atom is -0.379 e. The number of morpholine rings is 1. The molecular weight excluding hydrogens is 310 g/mol. The third-order valence-electron chi connectivity index (χ3n) is 2.94. The van der Waals surface area contributed by atoms with Gasteiger partial charge in [0, 0.05) is 30.7 Å². The van der Waals surface area contributed by atoms with Crippen molar-refractivity contribution in [1.29, 1.82) is 0 Å². The Hall–Kier alpha value is -1.11. The van der Waals surface area contributed by atoms with Crippen LogP contribution in [0.5, 0.6) is 0 Å². The molecule has 0 aromatic heterocycles. The van der Waals surface area contributed by atoms with Crippen LogP contribution in [0.3, 0.4) is 0 Å². The highest BCUT2D eigenvalue weighted by Gasteiger charge is 2.10. The second-order valence-electron chi connectivity index (χ2n) is 4.31. The monoisotopic (exact) mass is 327 g/mol. The molecule has 0 saturated carbocycles. The standard InChI is InChI=1S/C13H18BrN3O2/c14-11-3-1-2-4-12(11)16-13(18)15-5-6-17-7-9-19-10-8-17/h1-4H,5-10H2,(H2,15,16,18). The molecule has 2 N–H and O–H groups in total. The molecule has 0 radical (unpaired) electrons. The lowest BCUT2D eigenvalue weighted by atomic mass is 10.3. The summed E-state index contributed by atoms with van der Waals surface area (Å²) in [5, 5.41) is 5.66. The van der Waals surface area contributed by atoms with E-state index in [0.29, 0.717) is 6.54 Å². The van der Waals surface area contributed by atoms with Crippen molar-refractivity contribution >= 4 is 27.6 Å². The summed E-state index contributed by atoms with van der Waals surface area (Å²) in [7, 11) is 0. The fourth-order valence-electron chi connectivity index (χ4n) is 1.88. The molecule has 0 bridgehead atoms. The first-order valence-corrected chi connectivity index (χ1v) is 7.14. The fourth-order valence-corrected chi connectivity index (χ4v) is 2.27. The molecule has 19 heavy (non-hydrogen) atoms. The van der Waals surface area contributed by atoms with Crippen LogP contribution in [0.1, 0.15) is 0 Å². The number of para-hydroxylation sites is 1. The van der Waals surface area contributed by atoms with Gasteiger partial charge in [-0.3, -0.25) is 4.90 Å². The van der Waals surface area contributed by atoms with Crippen molar-refractivity contribution in [2.24, 2.45) is 0 Å². The molecule has 0 spiro atoms. The molecular formula is C13H18BrN3O2. The van der Waals surface area contributed by atoms with Gasteiger partial charge in [-0.25, -0.2) is 4.79 Å². The second kappa shape index (κ2) is 7.47. The van der Waals surface area contributed by atoms with Crippen molar-refractivity contribution < 1.29 is 9.53 Å². The third kappa shape index (κ3) is 4.81. The molecule has 5 nitrogen and oxygen atoms in total. The Morgan fingerprint density at radius 3 is 2.79 bits per heavy atom. The van der Waals surface area contributed by atoms with Gasteiger partial charge in [0.1, 0.15) is 0 Å². The Morgan fingerprint density at radius 1 is 1.32 bits per heavy atom. The summed E-state index contributed by atoms with van der Waals surface area (Å²) in [4.78, 5) is 14.0. The Labute approximate surface area is 121 Å². The molecule has 1 aromatic rings. The van der Waals surface area contributed by atoms with Gasteiger partial charge in [0.2, 0.25) is 0 Å². The average molecular weight is 328 g/mol. The molecule has 2 amide bonds. The van der Waals surface area contributed by atoms with E-state index >= 15 is 0 Å². The van der Waals surface area contributed by atoms with Crippen LogP contribution < -0.4 is 10.6 Å². The van der Waals surface area contributed by atoms with Crippen molar-refractivity contribution in [2.75, 3.05) is 44.7 Å². The number of amides is 2. The van der Waals surface area contributed by atoms with Crippen molar-refractivity contribution in [1.82, 2.24) is 10.2 Å². The van der Waals surface area contributed by atoms with Gasteiger partial charge >= 0.3 is 6.03 Å². The Morgan fingerprint density at radius 2 is 2.05 bits per heavy atom. The number of anilines is 1. The number of hydrogen-bond acceptors (Lipinski definition) is 3. The first-order valence-electron chi connectivity index (χ1n) is 6.35. The number of nitrogens with one attached hydrogen (secondary N) is 2. The van der Waals surface area contributed by atoms with Crippen LogP contribution in [0.4, 0.5) is 10.5 Å². The average Bonchev–Trinajstić information content (AvgIpc) is 2.43. The summed E-state index contributed by atoms with van der Waals surface area (Å²) < 4.78 is 6.15. The van der Waals surface area contributed by atoms with Gasteiger partial charge in [0.25, 0.3) is 0 Å². The molecule has 1 aliphatic heterocycles. The maximum Gasteiger partial charge on any atom is 0.319 e. The zero-order valence-electron chi connectivity index (χ0n) is 10.7. The van der Waals surface area contributed by atoms with E-state index in [4.69, 9.17) is 4.74 Å². The first-order chi connectivity index (χ1) is 9.25. The number of ether oxygens (including phenoxy) is 1. The molecule has 104 valence electrons.